The Balaban J connectivity index is 0.000000269. The summed E-state index contributed by atoms with van der Waals surface area (Å²) in [6.07, 6.45) is 9.04. The second-order valence-corrected chi connectivity index (χ2v) is 17.8. The molecule has 0 unspecified atom stereocenters. The Labute approximate surface area is 324 Å². The minimum Gasteiger partial charge on any atom is -0.512 e. The predicted molar refractivity (Wildman–Crippen MR) is 218 cm³/mol. The van der Waals surface area contributed by atoms with Crippen LogP contribution in [0, 0.1) is 16.9 Å². The first kappa shape index (κ1) is 40.4. The van der Waals surface area contributed by atoms with E-state index in [0.29, 0.717) is 0 Å². The van der Waals surface area contributed by atoms with Crippen LogP contribution < -0.4 is 0 Å². The van der Waals surface area contributed by atoms with Gasteiger partial charge in [-0.3, -0.25) is 9.78 Å². The van der Waals surface area contributed by atoms with Crippen LogP contribution in [0.5, 0.6) is 0 Å². The largest absolute Gasteiger partial charge is 0.512 e. The summed E-state index contributed by atoms with van der Waals surface area (Å²) in [5.41, 5.74) is 4.49. The van der Waals surface area contributed by atoms with E-state index in [1.807, 2.05) is 81.7 Å². The van der Waals surface area contributed by atoms with Gasteiger partial charge in [0.1, 0.15) is 5.76 Å². The number of carbonyl (C=O) groups is 1. The zero-order valence-corrected chi connectivity index (χ0v) is 36.1. The molecule has 3 nitrogen and oxygen atoms in total. The molecule has 0 aliphatic heterocycles. The third-order valence-corrected chi connectivity index (χ3v) is 13.9. The van der Waals surface area contributed by atoms with Crippen molar-refractivity contribution in [2.24, 2.45) is 10.8 Å². The van der Waals surface area contributed by atoms with Gasteiger partial charge in [0.05, 0.1) is 0 Å². The fraction of sp³-hybridized carbons (Fsp3) is 0.442. The van der Waals surface area contributed by atoms with E-state index in [1.54, 1.807) is 0 Å². The fourth-order valence-electron chi connectivity index (χ4n) is 6.41. The average molecular weight is 903 g/mol. The van der Waals surface area contributed by atoms with E-state index in [1.165, 1.54) is 64.0 Å². The van der Waals surface area contributed by atoms with Crippen molar-refractivity contribution in [3.63, 3.8) is 0 Å². The third-order valence-electron chi connectivity index (χ3n) is 10.8. The molecule has 6 aromatic rings. The first-order valence-corrected chi connectivity index (χ1v) is 20.4. The van der Waals surface area contributed by atoms with Crippen molar-refractivity contribution < 1.29 is 30.0 Å². The van der Waals surface area contributed by atoms with Crippen LogP contribution >= 0.6 is 34.0 Å². The maximum absolute atomic E-state index is 12.2. The summed E-state index contributed by atoms with van der Waals surface area (Å²) in [5.74, 6) is 0.286. The van der Waals surface area contributed by atoms with Crippen LogP contribution in [0.4, 0.5) is 0 Å². The number of thiophene rings is 3. The fourth-order valence-corrected chi connectivity index (χ4v) is 9.70. The molecule has 1 radical (unpaired) electrons. The number of nitrogens with zero attached hydrogens (tertiary/aromatic N) is 1. The number of allylic oxidation sites excluding steroid dienone is 2. The van der Waals surface area contributed by atoms with Gasteiger partial charge in [-0.25, -0.2) is 0 Å². The van der Waals surface area contributed by atoms with Gasteiger partial charge in [0, 0.05) is 73.8 Å². The Bertz CT molecular complexity index is 2130. The van der Waals surface area contributed by atoms with Crippen LogP contribution in [0.1, 0.15) is 112 Å². The van der Waals surface area contributed by atoms with Crippen LogP contribution in [-0.2, 0) is 36.7 Å². The molecular formula is C43H52IrNO2S3-. The Kier molecular flexibility index (Phi) is 13.0. The standard InChI is InChI=1S/C28H24NS3.C15H28O2.Ir/c1-5-6-17-15-31-21-7-8-22-24(23(17)21)19-9-11-29-25(27(19)32-22)18-13-16-10-12-30-26(16)20(14-18)28(2,3)4;1-7-14(5,8-2)12(16)11-13(17)15(6,9-3)10-4;/h7-12,14-15H,5-6H2,1-4H3;11,16H,7-10H2,1-6H3;/q-1;;/b;12-11-;. The Hall–Kier alpha value is -2.41. The third kappa shape index (κ3) is 7.69. The summed E-state index contributed by atoms with van der Waals surface area (Å²) in [6.45, 7) is 21.2. The van der Waals surface area contributed by atoms with E-state index < -0.39 is 0 Å². The monoisotopic (exact) mass is 903 g/mol. The van der Waals surface area contributed by atoms with Crippen LogP contribution in [0.15, 0.2) is 59.1 Å². The quantitative estimate of drug-likeness (QED) is 0.0846. The van der Waals surface area contributed by atoms with E-state index >= 15 is 0 Å². The molecular weight excluding hydrogens is 851 g/mol. The van der Waals surface area contributed by atoms with Crippen molar-refractivity contribution in [1.29, 1.82) is 0 Å². The van der Waals surface area contributed by atoms with Crippen LogP contribution in [-0.4, -0.2) is 15.9 Å². The molecule has 50 heavy (non-hydrogen) atoms. The number of hydrogen-bond donors (Lipinski definition) is 1. The molecule has 0 spiro atoms. The van der Waals surface area contributed by atoms with E-state index in [0.717, 1.165) is 43.4 Å². The van der Waals surface area contributed by atoms with Gasteiger partial charge >= 0.3 is 0 Å². The number of hydrogen-bond acceptors (Lipinski definition) is 6. The molecule has 269 valence electrons. The Morgan fingerprint density at radius 2 is 1.52 bits per heavy atom. The van der Waals surface area contributed by atoms with E-state index in [4.69, 9.17) is 4.98 Å². The number of ketones is 1. The van der Waals surface area contributed by atoms with E-state index in [-0.39, 0.29) is 47.9 Å². The molecule has 0 saturated heterocycles. The Morgan fingerprint density at radius 1 is 0.860 bits per heavy atom. The molecule has 4 heterocycles. The Morgan fingerprint density at radius 3 is 2.14 bits per heavy atom. The van der Waals surface area contributed by atoms with Gasteiger partial charge in [-0.15, -0.1) is 46.3 Å². The van der Waals surface area contributed by atoms with E-state index in [9.17, 15) is 9.90 Å². The molecule has 0 bridgehead atoms. The first-order chi connectivity index (χ1) is 23.2. The van der Waals surface area contributed by atoms with Gasteiger partial charge in [-0.05, 0) is 82.1 Å². The summed E-state index contributed by atoms with van der Waals surface area (Å²) in [6, 6.07) is 15.0. The molecule has 6 rings (SSSR count). The first-order valence-electron chi connectivity index (χ1n) is 17.8. The van der Waals surface area contributed by atoms with Crippen molar-refractivity contribution in [3.8, 4) is 11.3 Å². The van der Waals surface area contributed by atoms with Gasteiger partial charge in [0.25, 0.3) is 0 Å². The van der Waals surface area contributed by atoms with Crippen LogP contribution in [0.25, 0.3) is 51.6 Å². The number of rotatable bonds is 10. The average Bonchev–Trinajstić information content (AvgIpc) is 3.83. The maximum Gasteiger partial charge on any atom is 0.164 e. The maximum atomic E-state index is 12.2. The number of carbonyl (C=O) groups excluding carboxylic acids is 1. The van der Waals surface area contributed by atoms with Crippen LogP contribution in [0.2, 0.25) is 0 Å². The van der Waals surface area contributed by atoms with Crippen LogP contribution in [0.3, 0.4) is 0 Å². The SMILES string of the molecule is CCC(C)(CC)C(=O)/C=C(\O)C(C)(CC)CC.CCCc1csc2ccc3sc4c(-c5[c-]c6ccsc6c(C(C)(C)C)c5)nccc4c3c12.[Ir]. The smallest absolute Gasteiger partial charge is 0.164 e. The summed E-state index contributed by atoms with van der Waals surface area (Å²) in [5, 5.41) is 20.0. The topological polar surface area (TPSA) is 50.2 Å². The number of aromatic nitrogens is 1. The number of fused-ring (bicyclic) bond motifs is 6. The number of benzene rings is 2. The van der Waals surface area contributed by atoms with Crippen molar-refractivity contribution in [1.82, 2.24) is 4.98 Å². The normalized spacial score (nSPS) is 12.8. The zero-order valence-electron chi connectivity index (χ0n) is 31.3. The minimum atomic E-state index is -0.337. The summed E-state index contributed by atoms with van der Waals surface area (Å²) in [7, 11) is 0. The predicted octanol–water partition coefficient (Wildman–Crippen LogP) is 14.2. The molecule has 0 saturated carbocycles. The van der Waals surface area contributed by atoms with Gasteiger partial charge in [0.15, 0.2) is 5.78 Å². The molecule has 2 aromatic carbocycles. The van der Waals surface area contributed by atoms with Crippen molar-refractivity contribution in [3.05, 3.63) is 76.3 Å². The number of aliphatic hydroxyl groups excluding tert-OH is 1. The molecule has 0 aliphatic carbocycles. The van der Waals surface area contributed by atoms with E-state index in [2.05, 4.69) is 74.9 Å². The molecule has 7 heteroatoms. The zero-order chi connectivity index (χ0) is 35.7. The molecule has 4 aromatic heterocycles. The second-order valence-electron chi connectivity index (χ2n) is 14.9. The van der Waals surface area contributed by atoms with Gasteiger partial charge < -0.3 is 5.11 Å². The molecule has 0 fully saturated rings. The molecule has 0 atom stereocenters. The summed E-state index contributed by atoms with van der Waals surface area (Å²) >= 11 is 5.56. The summed E-state index contributed by atoms with van der Waals surface area (Å²) in [4.78, 5) is 17.1. The van der Waals surface area contributed by atoms with Gasteiger partial charge in [-0.2, -0.15) is 11.3 Å². The second kappa shape index (κ2) is 16.1. The molecule has 0 aliphatic rings. The number of aliphatic hydroxyl groups is 1. The number of pyridine rings is 1. The molecule has 0 amide bonds. The minimum absolute atomic E-state index is 0. The van der Waals surface area contributed by atoms with Crippen molar-refractivity contribution >= 4 is 80.1 Å². The summed E-state index contributed by atoms with van der Waals surface area (Å²) < 4.78 is 5.36. The van der Waals surface area contributed by atoms with Crippen molar-refractivity contribution in [2.75, 3.05) is 0 Å². The van der Waals surface area contributed by atoms with Gasteiger partial charge in [0.2, 0.25) is 0 Å². The number of aryl methyl sites for hydroxylation is 1. The van der Waals surface area contributed by atoms with Gasteiger partial charge in [-0.1, -0.05) is 86.8 Å². The molecule has 1 N–H and O–H groups in total. The van der Waals surface area contributed by atoms with Crippen molar-refractivity contribution in [2.45, 2.75) is 113 Å².